The Balaban J connectivity index is 3.30. The summed E-state index contributed by atoms with van der Waals surface area (Å²) in [5.74, 6) is -0.757. The first-order valence-corrected chi connectivity index (χ1v) is 10.3. The molecule has 1 atom stereocenters. The molecule has 1 aromatic rings. The number of hydrogen-bond donors (Lipinski definition) is 2. The summed E-state index contributed by atoms with van der Waals surface area (Å²) in [5, 5.41) is 0. The molecule has 10 nitrogen and oxygen atoms in total. The number of amides is 1. The van der Waals surface area contributed by atoms with Crippen LogP contribution in [0.4, 0.5) is 11.5 Å². The summed E-state index contributed by atoms with van der Waals surface area (Å²) in [5.41, 5.74) is 4.84. The fourth-order valence-electron chi connectivity index (χ4n) is 2.94. The fourth-order valence-corrected chi connectivity index (χ4v) is 2.94. The minimum atomic E-state index is -0.706. The Morgan fingerprint density at radius 3 is 2.37 bits per heavy atom. The van der Waals surface area contributed by atoms with E-state index in [0.29, 0.717) is 13.0 Å². The number of aromatic nitrogens is 2. The molecule has 170 valence electrons. The number of carbonyl (C=O) groups is 2. The van der Waals surface area contributed by atoms with Gasteiger partial charge in [-0.25, -0.2) is 4.79 Å². The van der Waals surface area contributed by atoms with Crippen LogP contribution in [-0.4, -0.2) is 59.1 Å². The Morgan fingerprint density at radius 2 is 1.83 bits per heavy atom. The molecule has 1 amide bonds. The first-order chi connectivity index (χ1) is 14.0. The number of anilines is 2. The van der Waals surface area contributed by atoms with Gasteiger partial charge in [-0.1, -0.05) is 27.2 Å². The highest BCUT2D eigenvalue weighted by Gasteiger charge is 2.27. The Morgan fingerprint density at radius 1 is 1.20 bits per heavy atom. The lowest BCUT2D eigenvalue weighted by molar-refractivity contribution is -0.148. The molecule has 0 bridgehead atoms. The van der Waals surface area contributed by atoms with Gasteiger partial charge in [0, 0.05) is 13.1 Å². The number of nitrogen functional groups attached to an aromatic ring is 1. The monoisotopic (exact) mass is 425 g/mol. The van der Waals surface area contributed by atoms with E-state index in [4.69, 9.17) is 10.5 Å². The molecule has 3 N–H and O–H groups in total. The Hall–Kier alpha value is -2.62. The Kier molecular flexibility index (Phi) is 9.77. The number of esters is 1. The second-order valence-corrected chi connectivity index (χ2v) is 7.74. The topological polar surface area (TPSA) is 131 Å². The van der Waals surface area contributed by atoms with Crippen LogP contribution >= 0.6 is 0 Å². The second kappa shape index (κ2) is 11.5. The van der Waals surface area contributed by atoms with Crippen LogP contribution in [0.15, 0.2) is 9.59 Å². The summed E-state index contributed by atoms with van der Waals surface area (Å²) in [6.45, 7) is 9.86. The van der Waals surface area contributed by atoms with Crippen LogP contribution in [-0.2, 0) is 20.9 Å². The maximum atomic E-state index is 13.1. The minimum Gasteiger partial charge on any atom is -0.465 e. The molecule has 1 unspecified atom stereocenters. The van der Waals surface area contributed by atoms with E-state index in [-0.39, 0.29) is 37.1 Å². The molecule has 0 saturated heterocycles. The van der Waals surface area contributed by atoms with E-state index >= 15 is 0 Å². The summed E-state index contributed by atoms with van der Waals surface area (Å²) >= 11 is 0. The largest absolute Gasteiger partial charge is 0.465 e. The first-order valence-electron chi connectivity index (χ1n) is 10.3. The molecule has 0 fully saturated rings. The number of carbonyl (C=O) groups excluding carboxylic acids is 2. The van der Waals surface area contributed by atoms with Gasteiger partial charge in [-0.2, -0.15) is 0 Å². The predicted octanol–water partition coefficient (Wildman–Crippen LogP) is 0.791. The number of aromatic amines is 1. The molecule has 0 aliphatic rings. The normalized spacial score (nSPS) is 12.3. The molecule has 10 heteroatoms. The van der Waals surface area contributed by atoms with E-state index < -0.39 is 29.2 Å². The van der Waals surface area contributed by atoms with E-state index in [9.17, 15) is 19.2 Å². The summed E-state index contributed by atoms with van der Waals surface area (Å²) in [6.07, 6.45) is 1.44. The van der Waals surface area contributed by atoms with Crippen molar-refractivity contribution in [2.24, 2.45) is 5.92 Å². The van der Waals surface area contributed by atoms with E-state index in [2.05, 4.69) is 4.98 Å². The highest BCUT2D eigenvalue weighted by atomic mass is 16.5. The third-order valence-corrected chi connectivity index (χ3v) is 4.74. The maximum absolute atomic E-state index is 13.1. The first kappa shape index (κ1) is 25.4. The molecule has 0 radical (unpaired) electrons. The average molecular weight is 426 g/mol. The molecule has 1 aromatic heterocycles. The van der Waals surface area contributed by atoms with Crippen molar-refractivity contribution < 1.29 is 14.3 Å². The van der Waals surface area contributed by atoms with Crippen LogP contribution in [0.2, 0.25) is 0 Å². The number of nitrogens with two attached hydrogens (primary N) is 1. The average Bonchev–Trinajstić information content (AvgIpc) is 2.66. The molecule has 1 heterocycles. The van der Waals surface area contributed by atoms with Crippen LogP contribution < -0.4 is 21.9 Å². The predicted molar refractivity (Wildman–Crippen MR) is 117 cm³/mol. The molecule has 0 spiro atoms. The number of H-pyrrole nitrogens is 1. The van der Waals surface area contributed by atoms with E-state index in [1.165, 1.54) is 9.47 Å². The Bertz CT molecular complexity index is 845. The van der Waals surface area contributed by atoms with Gasteiger partial charge in [0.15, 0.2) is 5.69 Å². The third kappa shape index (κ3) is 6.45. The van der Waals surface area contributed by atoms with Crippen molar-refractivity contribution in [1.29, 1.82) is 0 Å². The summed E-state index contributed by atoms with van der Waals surface area (Å²) in [6, 6.07) is -0.632. The standard InChI is InChI=1S/C20H35N5O5/c1-7-9-10-24(15(26)12-23(6)14(5)19(28)30-8-2)16-17(21)25(11-13(3)4)20(29)22-18(16)27/h13-14H,7-12,21H2,1-6H3,(H,22,27,29). The van der Waals surface area contributed by atoms with Crippen LogP contribution in [0.25, 0.3) is 0 Å². The van der Waals surface area contributed by atoms with Gasteiger partial charge in [0.2, 0.25) is 5.91 Å². The van der Waals surface area contributed by atoms with Gasteiger partial charge in [-0.3, -0.25) is 28.8 Å². The van der Waals surface area contributed by atoms with Gasteiger partial charge in [-0.05, 0) is 33.2 Å². The molecule has 30 heavy (non-hydrogen) atoms. The summed E-state index contributed by atoms with van der Waals surface area (Å²) in [4.78, 5) is 55.0. The van der Waals surface area contributed by atoms with E-state index in [0.717, 1.165) is 6.42 Å². The van der Waals surface area contributed by atoms with E-state index in [1.807, 2.05) is 20.8 Å². The molecular weight excluding hydrogens is 390 g/mol. The fraction of sp³-hybridized carbons (Fsp3) is 0.700. The molecule has 0 aliphatic heterocycles. The molecule has 0 aromatic carbocycles. The number of likely N-dealkylation sites (N-methyl/N-ethyl adjacent to an activating group) is 1. The lowest BCUT2D eigenvalue weighted by Gasteiger charge is -2.28. The highest BCUT2D eigenvalue weighted by Crippen LogP contribution is 2.19. The van der Waals surface area contributed by atoms with Crippen molar-refractivity contribution in [2.75, 3.05) is 37.4 Å². The van der Waals surface area contributed by atoms with Crippen molar-refractivity contribution in [2.45, 2.75) is 60.0 Å². The lowest BCUT2D eigenvalue weighted by atomic mass is 10.2. The van der Waals surface area contributed by atoms with Gasteiger partial charge >= 0.3 is 11.7 Å². The van der Waals surface area contributed by atoms with Gasteiger partial charge in [0.05, 0.1) is 13.2 Å². The molecular formula is C20H35N5O5. The second-order valence-electron chi connectivity index (χ2n) is 7.74. The molecule has 0 saturated carbocycles. The van der Waals surface area contributed by atoms with Crippen molar-refractivity contribution in [3.8, 4) is 0 Å². The molecule has 0 aliphatic carbocycles. The van der Waals surface area contributed by atoms with Crippen molar-refractivity contribution in [3.05, 3.63) is 20.8 Å². The number of unbranched alkanes of at least 4 members (excludes halogenated alkanes) is 1. The number of nitrogens with one attached hydrogen (secondary N) is 1. The zero-order chi connectivity index (χ0) is 23.0. The number of ether oxygens (including phenoxy) is 1. The number of nitrogens with zero attached hydrogens (tertiary/aromatic N) is 3. The third-order valence-electron chi connectivity index (χ3n) is 4.74. The van der Waals surface area contributed by atoms with Crippen LogP contribution in [0, 0.1) is 5.92 Å². The van der Waals surface area contributed by atoms with Gasteiger partial charge in [-0.15, -0.1) is 0 Å². The van der Waals surface area contributed by atoms with Gasteiger partial charge in [0.25, 0.3) is 5.56 Å². The molecule has 1 rings (SSSR count). The zero-order valence-corrected chi connectivity index (χ0v) is 18.9. The van der Waals surface area contributed by atoms with Crippen LogP contribution in [0.3, 0.4) is 0 Å². The summed E-state index contributed by atoms with van der Waals surface area (Å²) < 4.78 is 6.28. The number of rotatable bonds is 11. The quantitative estimate of drug-likeness (QED) is 0.501. The van der Waals surface area contributed by atoms with Crippen molar-refractivity contribution in [3.63, 3.8) is 0 Å². The summed E-state index contributed by atoms with van der Waals surface area (Å²) in [7, 11) is 1.63. The minimum absolute atomic E-state index is 0.0362. The van der Waals surface area contributed by atoms with Crippen LogP contribution in [0.1, 0.15) is 47.5 Å². The SMILES string of the molecule is CCCCN(C(=O)CN(C)C(C)C(=O)OCC)c1c(N)n(CC(C)C)c(=O)[nH]c1=O. The zero-order valence-electron chi connectivity index (χ0n) is 18.9. The van der Waals surface area contributed by atoms with Crippen LogP contribution in [0.5, 0.6) is 0 Å². The number of hydrogen-bond acceptors (Lipinski definition) is 7. The van der Waals surface area contributed by atoms with Gasteiger partial charge < -0.3 is 15.4 Å². The van der Waals surface area contributed by atoms with Gasteiger partial charge in [0.1, 0.15) is 11.9 Å². The lowest BCUT2D eigenvalue weighted by Crippen LogP contribution is -2.48. The Labute approximate surface area is 177 Å². The van der Waals surface area contributed by atoms with Crippen molar-refractivity contribution >= 4 is 23.4 Å². The van der Waals surface area contributed by atoms with Crippen molar-refractivity contribution in [1.82, 2.24) is 14.5 Å². The maximum Gasteiger partial charge on any atom is 0.330 e. The smallest absolute Gasteiger partial charge is 0.330 e. The highest BCUT2D eigenvalue weighted by molar-refractivity contribution is 5.97. The van der Waals surface area contributed by atoms with E-state index in [1.54, 1.807) is 25.8 Å².